The van der Waals surface area contributed by atoms with E-state index in [1.807, 2.05) is 0 Å². The zero-order valence-corrected chi connectivity index (χ0v) is 36.3. The van der Waals surface area contributed by atoms with Gasteiger partial charge in [-0.25, -0.2) is 0 Å². The maximum atomic E-state index is 2.42. The Balaban J connectivity index is 0.00000494. The van der Waals surface area contributed by atoms with E-state index in [9.17, 15) is 0 Å². The minimum Gasteiger partial charge on any atom is -0.311 e. The number of aromatic nitrogens is 1. The molecule has 1 aromatic heterocycles. The molecular formula is C65H48N2. The Morgan fingerprint density at radius 1 is 0.239 bits per heavy atom. The molecule has 12 aromatic rings. The van der Waals surface area contributed by atoms with E-state index in [4.69, 9.17) is 0 Å². The first-order valence-electron chi connectivity index (χ1n) is 22.7. The van der Waals surface area contributed by atoms with Crippen LogP contribution < -0.4 is 4.90 Å². The van der Waals surface area contributed by atoms with Crippen molar-refractivity contribution in [1.82, 2.24) is 4.57 Å². The second kappa shape index (κ2) is 17.7. The molecule has 12 rings (SSSR count). The van der Waals surface area contributed by atoms with Crippen LogP contribution in [0.2, 0.25) is 0 Å². The molecular weight excluding hydrogens is 809 g/mol. The molecule has 0 aliphatic carbocycles. The Morgan fingerprint density at radius 2 is 0.597 bits per heavy atom. The van der Waals surface area contributed by atoms with E-state index in [2.05, 4.69) is 276 Å². The predicted octanol–water partition coefficient (Wildman–Crippen LogP) is 18.4. The molecule has 0 amide bonds. The normalized spacial score (nSPS) is 11.2. The van der Waals surface area contributed by atoms with Gasteiger partial charge < -0.3 is 9.47 Å². The number of fused-ring (bicyclic) bond motifs is 4. The first-order chi connectivity index (χ1) is 32.8. The lowest BCUT2D eigenvalue weighted by Gasteiger charge is -2.26. The van der Waals surface area contributed by atoms with Crippen LogP contribution >= 0.6 is 0 Å². The largest absolute Gasteiger partial charge is 0.311 e. The van der Waals surface area contributed by atoms with Gasteiger partial charge in [-0.1, -0.05) is 208 Å². The lowest BCUT2D eigenvalue weighted by Crippen LogP contribution is -2.10. The summed E-state index contributed by atoms with van der Waals surface area (Å²) in [5.74, 6) is 0. The lowest BCUT2D eigenvalue weighted by atomic mass is 9.78. The second-order valence-corrected chi connectivity index (χ2v) is 16.8. The van der Waals surface area contributed by atoms with Gasteiger partial charge in [0.15, 0.2) is 0 Å². The minimum absolute atomic E-state index is 0. The topological polar surface area (TPSA) is 8.17 Å². The van der Waals surface area contributed by atoms with Crippen molar-refractivity contribution < 1.29 is 0 Å². The van der Waals surface area contributed by atoms with Crippen molar-refractivity contribution in [2.75, 3.05) is 4.90 Å². The molecule has 0 spiro atoms. The fraction of sp³-hybridized carbons (Fsp3) is 0.0154. The summed E-state index contributed by atoms with van der Waals surface area (Å²) < 4.78 is 2.37. The number of anilines is 3. The van der Waals surface area contributed by atoms with Gasteiger partial charge in [0, 0.05) is 33.5 Å². The van der Waals surface area contributed by atoms with Gasteiger partial charge in [0.1, 0.15) is 0 Å². The average molecular weight is 857 g/mol. The van der Waals surface area contributed by atoms with E-state index in [0.29, 0.717) is 0 Å². The maximum absolute atomic E-state index is 2.42. The number of nitrogens with zero attached hydrogens (tertiary/aromatic N) is 2. The highest BCUT2D eigenvalue weighted by Crippen LogP contribution is 2.51. The Bertz CT molecular complexity index is 3580. The number of rotatable bonds is 9. The van der Waals surface area contributed by atoms with Gasteiger partial charge in [-0.05, 0) is 133 Å². The Kier molecular flexibility index (Phi) is 10.8. The highest BCUT2D eigenvalue weighted by molar-refractivity contribution is 6.19. The summed E-state index contributed by atoms with van der Waals surface area (Å²) in [4.78, 5) is 2.34. The number of para-hydroxylation sites is 3. The zero-order valence-electron chi connectivity index (χ0n) is 36.3. The Hall–Kier alpha value is -8.72. The van der Waals surface area contributed by atoms with Crippen molar-refractivity contribution in [3.8, 4) is 61.3 Å². The van der Waals surface area contributed by atoms with Crippen molar-refractivity contribution in [2.24, 2.45) is 0 Å². The van der Waals surface area contributed by atoms with Gasteiger partial charge in [0.2, 0.25) is 0 Å². The van der Waals surface area contributed by atoms with E-state index < -0.39 is 0 Å². The summed E-state index contributed by atoms with van der Waals surface area (Å²) >= 11 is 0. The van der Waals surface area contributed by atoms with Crippen LogP contribution in [0.3, 0.4) is 0 Å². The smallest absolute Gasteiger partial charge is 0.0541 e. The Labute approximate surface area is 392 Å². The molecule has 0 aliphatic heterocycles. The monoisotopic (exact) mass is 856 g/mol. The van der Waals surface area contributed by atoms with Gasteiger partial charge in [0.05, 0.1) is 11.0 Å². The van der Waals surface area contributed by atoms with E-state index in [0.717, 1.165) is 28.3 Å². The standard InChI is InChI=1S/C64H44N2.CH4/c1-6-20-46(21-7-1)61-57-43-36-50(44-58(57)62(47-22-8-2-9-23-47)64(49-26-12-4-13-27-49)63(61)48-24-10-3-11-25-48)45-34-37-52(38-35-45)65(51-28-14-5-15-29-51)53-39-41-54(42-40-53)66-59-32-18-16-30-55(59)56-31-17-19-33-60(56)66;/h1-44H;1H4. The van der Waals surface area contributed by atoms with Crippen molar-refractivity contribution in [2.45, 2.75) is 7.43 Å². The molecule has 0 bridgehead atoms. The van der Waals surface area contributed by atoms with E-state index in [-0.39, 0.29) is 7.43 Å². The van der Waals surface area contributed by atoms with E-state index in [1.54, 1.807) is 0 Å². The van der Waals surface area contributed by atoms with Crippen LogP contribution in [0.15, 0.2) is 267 Å². The molecule has 0 atom stereocenters. The molecule has 0 fully saturated rings. The van der Waals surface area contributed by atoms with Gasteiger partial charge in [0.25, 0.3) is 0 Å². The van der Waals surface area contributed by atoms with Crippen LogP contribution in [0.5, 0.6) is 0 Å². The summed E-state index contributed by atoms with van der Waals surface area (Å²) in [7, 11) is 0. The van der Waals surface area contributed by atoms with Crippen LogP contribution in [-0.4, -0.2) is 4.57 Å². The summed E-state index contributed by atoms with van der Waals surface area (Å²) in [5.41, 5.74) is 18.8. The third-order valence-corrected chi connectivity index (χ3v) is 13.0. The molecule has 11 aromatic carbocycles. The van der Waals surface area contributed by atoms with Crippen LogP contribution in [0.25, 0.3) is 93.9 Å². The third-order valence-electron chi connectivity index (χ3n) is 13.0. The van der Waals surface area contributed by atoms with Crippen LogP contribution in [0.1, 0.15) is 7.43 Å². The van der Waals surface area contributed by atoms with Crippen LogP contribution in [-0.2, 0) is 0 Å². The number of benzene rings is 11. The van der Waals surface area contributed by atoms with Gasteiger partial charge in [-0.3, -0.25) is 0 Å². The highest BCUT2D eigenvalue weighted by atomic mass is 15.1. The number of hydrogen-bond donors (Lipinski definition) is 0. The SMILES string of the molecule is C.c1ccc(-c2c(-c3ccccc3)c(-c3ccccc3)c3cc(-c4ccc(N(c5ccccc5)c5ccc(-n6c7ccccc7c7ccccc76)cc5)cc4)ccc3c2-c2ccccc2)cc1. The highest BCUT2D eigenvalue weighted by Gasteiger charge is 2.24. The molecule has 1 heterocycles. The number of hydrogen-bond acceptors (Lipinski definition) is 1. The van der Waals surface area contributed by atoms with Crippen molar-refractivity contribution in [3.05, 3.63) is 267 Å². The molecule has 0 saturated carbocycles. The molecule has 2 heteroatoms. The molecule has 0 saturated heterocycles. The predicted molar refractivity (Wildman–Crippen MR) is 287 cm³/mol. The molecule has 0 radical (unpaired) electrons. The summed E-state index contributed by atoms with van der Waals surface area (Å²) in [6.07, 6.45) is 0. The molecule has 67 heavy (non-hydrogen) atoms. The van der Waals surface area contributed by atoms with Crippen molar-refractivity contribution in [3.63, 3.8) is 0 Å². The molecule has 2 nitrogen and oxygen atoms in total. The molecule has 0 aliphatic rings. The van der Waals surface area contributed by atoms with Crippen molar-refractivity contribution >= 4 is 49.6 Å². The van der Waals surface area contributed by atoms with Gasteiger partial charge >= 0.3 is 0 Å². The van der Waals surface area contributed by atoms with Crippen molar-refractivity contribution in [1.29, 1.82) is 0 Å². The summed E-state index contributed by atoms with van der Waals surface area (Å²) in [6.45, 7) is 0. The fourth-order valence-electron chi connectivity index (χ4n) is 10.0. The van der Waals surface area contributed by atoms with E-state index >= 15 is 0 Å². The molecule has 318 valence electrons. The summed E-state index contributed by atoms with van der Waals surface area (Å²) in [6, 6.07) is 96.8. The summed E-state index contributed by atoms with van der Waals surface area (Å²) in [5, 5.41) is 4.96. The second-order valence-electron chi connectivity index (χ2n) is 16.8. The zero-order chi connectivity index (χ0) is 43.8. The van der Waals surface area contributed by atoms with Crippen LogP contribution in [0, 0.1) is 0 Å². The first-order valence-corrected chi connectivity index (χ1v) is 22.7. The Morgan fingerprint density at radius 3 is 1.07 bits per heavy atom. The fourth-order valence-corrected chi connectivity index (χ4v) is 10.0. The van der Waals surface area contributed by atoms with E-state index in [1.165, 1.54) is 82.6 Å². The molecule has 0 N–H and O–H groups in total. The maximum Gasteiger partial charge on any atom is 0.0541 e. The molecule has 0 unspecified atom stereocenters. The van der Waals surface area contributed by atoms with Crippen LogP contribution in [0.4, 0.5) is 17.1 Å². The quantitative estimate of drug-likeness (QED) is 0.140. The first kappa shape index (κ1) is 41.0. The average Bonchev–Trinajstić information content (AvgIpc) is 3.74. The van der Waals surface area contributed by atoms with Gasteiger partial charge in [-0.2, -0.15) is 0 Å². The third kappa shape index (κ3) is 7.35. The van der Waals surface area contributed by atoms with Gasteiger partial charge in [-0.15, -0.1) is 0 Å². The minimum atomic E-state index is 0. The lowest BCUT2D eigenvalue weighted by molar-refractivity contribution is 1.17.